The maximum absolute atomic E-state index is 11.4. The molecule has 0 aromatic heterocycles. The second-order valence-corrected chi connectivity index (χ2v) is 6.03. The van der Waals surface area contributed by atoms with Crippen molar-refractivity contribution in [2.24, 2.45) is 17.8 Å². The van der Waals surface area contributed by atoms with Crippen LogP contribution in [-0.2, 0) is 4.79 Å². The number of aliphatic hydroxyl groups excluding tert-OH is 1. The number of carbonyl (C=O) groups is 1. The Balaban J connectivity index is 1.84. The standard InChI is InChI=1S/C16H20O5/c1-9-6-11(12(7-9)16(18)19)15(17)10-2-3-13-14(8-10)21-5-4-20-13/h2-3,8-9,11-12,15,17H,4-7H2,1H3,(H,18,19). The van der Waals surface area contributed by atoms with Crippen molar-refractivity contribution in [1.82, 2.24) is 0 Å². The summed E-state index contributed by atoms with van der Waals surface area (Å²) in [5.41, 5.74) is 0.699. The number of carboxylic acids is 1. The monoisotopic (exact) mass is 292 g/mol. The Hall–Kier alpha value is -1.75. The lowest BCUT2D eigenvalue weighted by Crippen LogP contribution is -2.24. The number of carboxylic acid groups (broad SMARTS) is 1. The van der Waals surface area contributed by atoms with Crippen molar-refractivity contribution < 1.29 is 24.5 Å². The summed E-state index contributed by atoms with van der Waals surface area (Å²) in [5, 5.41) is 19.9. The van der Waals surface area contributed by atoms with Gasteiger partial charge >= 0.3 is 5.97 Å². The van der Waals surface area contributed by atoms with Crippen LogP contribution in [0.3, 0.4) is 0 Å². The van der Waals surface area contributed by atoms with Crippen LogP contribution in [0.4, 0.5) is 0 Å². The van der Waals surface area contributed by atoms with Crippen molar-refractivity contribution in [3.05, 3.63) is 23.8 Å². The molecular formula is C16H20O5. The number of ether oxygens (including phenoxy) is 2. The zero-order valence-corrected chi connectivity index (χ0v) is 12.0. The fourth-order valence-corrected chi connectivity index (χ4v) is 3.46. The van der Waals surface area contributed by atoms with E-state index >= 15 is 0 Å². The molecule has 1 aliphatic heterocycles. The van der Waals surface area contributed by atoms with Crippen molar-refractivity contribution in [2.75, 3.05) is 13.2 Å². The molecule has 0 amide bonds. The number of hydrogen-bond acceptors (Lipinski definition) is 4. The Bertz CT molecular complexity index is 541. The van der Waals surface area contributed by atoms with Crippen LogP contribution in [0.25, 0.3) is 0 Å². The first kappa shape index (κ1) is 14.2. The number of aliphatic hydroxyl groups is 1. The lowest BCUT2D eigenvalue weighted by Gasteiger charge is -2.24. The second kappa shape index (κ2) is 5.56. The van der Waals surface area contributed by atoms with Crippen LogP contribution >= 0.6 is 0 Å². The normalized spacial score (nSPS) is 29.1. The van der Waals surface area contributed by atoms with Gasteiger partial charge in [-0.2, -0.15) is 0 Å². The molecule has 1 heterocycles. The van der Waals surface area contributed by atoms with E-state index in [1.165, 1.54) is 0 Å². The minimum atomic E-state index is -0.819. The predicted molar refractivity (Wildman–Crippen MR) is 75.4 cm³/mol. The summed E-state index contributed by atoms with van der Waals surface area (Å²) in [6, 6.07) is 5.34. The number of aliphatic carboxylic acids is 1. The molecule has 21 heavy (non-hydrogen) atoms. The fourth-order valence-electron chi connectivity index (χ4n) is 3.46. The van der Waals surface area contributed by atoms with Crippen LogP contribution in [0.1, 0.15) is 31.4 Å². The molecule has 1 aliphatic carbocycles. The van der Waals surface area contributed by atoms with Gasteiger partial charge in [-0.25, -0.2) is 0 Å². The van der Waals surface area contributed by atoms with E-state index in [9.17, 15) is 15.0 Å². The van der Waals surface area contributed by atoms with Gasteiger partial charge in [-0.1, -0.05) is 13.0 Å². The smallest absolute Gasteiger partial charge is 0.306 e. The van der Waals surface area contributed by atoms with Crippen LogP contribution in [0, 0.1) is 17.8 Å². The molecule has 2 aliphatic rings. The minimum Gasteiger partial charge on any atom is -0.486 e. The maximum Gasteiger partial charge on any atom is 0.306 e. The van der Waals surface area contributed by atoms with Gasteiger partial charge in [-0.15, -0.1) is 0 Å². The molecule has 1 fully saturated rings. The largest absolute Gasteiger partial charge is 0.486 e. The third-order valence-corrected chi connectivity index (χ3v) is 4.48. The summed E-state index contributed by atoms with van der Waals surface area (Å²) in [6.07, 6.45) is 0.570. The average Bonchev–Trinajstić information content (AvgIpc) is 2.88. The van der Waals surface area contributed by atoms with Gasteiger partial charge in [-0.3, -0.25) is 4.79 Å². The zero-order chi connectivity index (χ0) is 15.0. The van der Waals surface area contributed by atoms with Crippen LogP contribution in [0.2, 0.25) is 0 Å². The molecule has 3 rings (SSSR count). The highest BCUT2D eigenvalue weighted by Gasteiger charge is 2.41. The molecule has 1 aromatic carbocycles. The van der Waals surface area contributed by atoms with Crippen molar-refractivity contribution in [1.29, 1.82) is 0 Å². The Morgan fingerprint density at radius 1 is 1.24 bits per heavy atom. The molecule has 5 nitrogen and oxygen atoms in total. The third kappa shape index (κ3) is 2.70. The molecular weight excluding hydrogens is 272 g/mol. The van der Waals surface area contributed by atoms with E-state index in [0.717, 1.165) is 6.42 Å². The highest BCUT2D eigenvalue weighted by atomic mass is 16.6. The third-order valence-electron chi connectivity index (χ3n) is 4.48. The molecule has 5 heteroatoms. The number of hydrogen-bond donors (Lipinski definition) is 2. The van der Waals surface area contributed by atoms with Crippen molar-refractivity contribution >= 4 is 5.97 Å². The first-order valence-electron chi connectivity index (χ1n) is 7.36. The van der Waals surface area contributed by atoms with Gasteiger partial charge < -0.3 is 19.7 Å². The first-order chi connectivity index (χ1) is 10.1. The summed E-state index contributed by atoms with van der Waals surface area (Å²) in [7, 11) is 0. The van der Waals surface area contributed by atoms with Crippen LogP contribution in [-0.4, -0.2) is 29.4 Å². The first-order valence-corrected chi connectivity index (χ1v) is 7.36. The van der Waals surface area contributed by atoms with E-state index in [-0.39, 0.29) is 5.92 Å². The quantitative estimate of drug-likeness (QED) is 0.893. The van der Waals surface area contributed by atoms with Gasteiger partial charge in [0.05, 0.1) is 12.0 Å². The summed E-state index contributed by atoms with van der Waals surface area (Å²) >= 11 is 0. The highest BCUT2D eigenvalue weighted by molar-refractivity contribution is 5.71. The number of fused-ring (bicyclic) bond motifs is 1. The second-order valence-electron chi connectivity index (χ2n) is 6.03. The van der Waals surface area contributed by atoms with Gasteiger partial charge in [0.25, 0.3) is 0 Å². The van der Waals surface area contributed by atoms with Crippen LogP contribution in [0.15, 0.2) is 18.2 Å². The van der Waals surface area contributed by atoms with Gasteiger partial charge in [0.1, 0.15) is 13.2 Å². The Morgan fingerprint density at radius 3 is 2.67 bits per heavy atom. The van der Waals surface area contributed by atoms with E-state index in [4.69, 9.17) is 9.47 Å². The van der Waals surface area contributed by atoms with Crippen molar-refractivity contribution in [3.63, 3.8) is 0 Å². The molecule has 0 bridgehead atoms. The van der Waals surface area contributed by atoms with E-state index in [1.54, 1.807) is 18.2 Å². The van der Waals surface area contributed by atoms with E-state index in [1.807, 2.05) is 6.92 Å². The average molecular weight is 292 g/mol. The van der Waals surface area contributed by atoms with Gasteiger partial charge in [0.15, 0.2) is 11.5 Å². The molecule has 1 saturated carbocycles. The molecule has 114 valence electrons. The minimum absolute atomic E-state index is 0.250. The molecule has 2 N–H and O–H groups in total. The molecule has 0 radical (unpaired) electrons. The van der Waals surface area contributed by atoms with Crippen molar-refractivity contribution in [3.8, 4) is 11.5 Å². The number of benzene rings is 1. The molecule has 0 spiro atoms. The molecule has 1 aromatic rings. The fraction of sp³-hybridized carbons (Fsp3) is 0.562. The molecule has 4 atom stereocenters. The summed E-state index contributed by atoms with van der Waals surface area (Å²) in [4.78, 5) is 11.4. The van der Waals surface area contributed by atoms with Gasteiger partial charge in [0.2, 0.25) is 0 Å². The van der Waals surface area contributed by atoms with Crippen LogP contribution < -0.4 is 9.47 Å². The lowest BCUT2D eigenvalue weighted by molar-refractivity contribution is -0.144. The molecule has 4 unspecified atom stereocenters. The lowest BCUT2D eigenvalue weighted by atomic mass is 9.87. The van der Waals surface area contributed by atoms with Gasteiger partial charge in [0, 0.05) is 5.92 Å². The summed E-state index contributed by atoms with van der Waals surface area (Å²) < 4.78 is 11.0. The Morgan fingerprint density at radius 2 is 1.95 bits per heavy atom. The van der Waals surface area contributed by atoms with E-state index in [2.05, 4.69) is 0 Å². The van der Waals surface area contributed by atoms with Gasteiger partial charge in [-0.05, 0) is 36.5 Å². The summed E-state index contributed by atoms with van der Waals surface area (Å²) in [6.45, 7) is 3.05. The Labute approximate surface area is 123 Å². The maximum atomic E-state index is 11.4. The SMILES string of the molecule is CC1CC(C(=O)O)C(C(O)c2ccc3c(c2)OCCO3)C1. The van der Waals surface area contributed by atoms with Crippen molar-refractivity contribution in [2.45, 2.75) is 25.9 Å². The van der Waals surface area contributed by atoms with E-state index < -0.39 is 18.0 Å². The highest BCUT2D eigenvalue weighted by Crippen LogP contribution is 2.44. The number of rotatable bonds is 3. The van der Waals surface area contributed by atoms with E-state index in [0.29, 0.717) is 42.6 Å². The Kier molecular flexibility index (Phi) is 3.76. The summed E-state index contributed by atoms with van der Waals surface area (Å²) in [5.74, 6) is 0.0645. The predicted octanol–water partition coefficient (Wildman–Crippen LogP) is 2.24. The topological polar surface area (TPSA) is 76.0 Å². The van der Waals surface area contributed by atoms with Crippen LogP contribution in [0.5, 0.6) is 11.5 Å². The molecule has 0 saturated heterocycles. The zero-order valence-electron chi connectivity index (χ0n) is 12.0.